The molecular weight excluding hydrogens is 238 g/mol. The summed E-state index contributed by atoms with van der Waals surface area (Å²) in [6.07, 6.45) is 4.44. The van der Waals surface area contributed by atoms with E-state index in [1.165, 1.54) is 19.3 Å². The average Bonchev–Trinajstić information content (AvgIpc) is 2.76. The predicted octanol–water partition coefficient (Wildman–Crippen LogP) is 3.15. The smallest absolute Gasteiger partial charge is 0.226 e. The molecule has 0 aliphatic carbocycles. The van der Waals surface area contributed by atoms with E-state index in [4.69, 9.17) is 4.52 Å². The summed E-state index contributed by atoms with van der Waals surface area (Å²) >= 11 is 0. The fourth-order valence-corrected chi connectivity index (χ4v) is 3.00. The van der Waals surface area contributed by atoms with Gasteiger partial charge in [-0.3, -0.25) is 0 Å². The van der Waals surface area contributed by atoms with Gasteiger partial charge in [-0.05, 0) is 37.1 Å². The van der Waals surface area contributed by atoms with Crippen LogP contribution in [0.1, 0.15) is 64.6 Å². The molecule has 2 heterocycles. The first-order valence-electron chi connectivity index (χ1n) is 7.47. The molecule has 2 unspecified atom stereocenters. The van der Waals surface area contributed by atoms with E-state index in [-0.39, 0.29) is 0 Å². The largest absolute Gasteiger partial charge is 0.339 e. The average molecular weight is 265 g/mol. The van der Waals surface area contributed by atoms with Gasteiger partial charge in [0.05, 0.1) is 0 Å². The zero-order chi connectivity index (χ0) is 13.9. The number of hydrogen-bond donors (Lipinski definition) is 1. The summed E-state index contributed by atoms with van der Waals surface area (Å²) in [6, 6.07) is 0. The van der Waals surface area contributed by atoms with E-state index in [1.807, 2.05) is 0 Å². The van der Waals surface area contributed by atoms with Gasteiger partial charge in [0, 0.05) is 18.9 Å². The highest BCUT2D eigenvalue weighted by molar-refractivity contribution is 4.98. The minimum Gasteiger partial charge on any atom is -0.339 e. The Morgan fingerprint density at radius 3 is 2.84 bits per heavy atom. The summed E-state index contributed by atoms with van der Waals surface area (Å²) in [5.41, 5.74) is 0.357. The van der Waals surface area contributed by atoms with Crippen molar-refractivity contribution in [3.05, 3.63) is 11.7 Å². The topological polar surface area (TPSA) is 51.0 Å². The van der Waals surface area contributed by atoms with Crippen LogP contribution in [-0.2, 0) is 6.42 Å². The standard InChI is InChI=1S/C15H27N3O/c1-11(9-15(2,3)4)8-13-17-14(18-19-13)12-6-5-7-16-10-12/h11-12,16H,5-10H2,1-4H3. The van der Waals surface area contributed by atoms with Gasteiger partial charge in [0.2, 0.25) is 5.89 Å². The first kappa shape index (κ1) is 14.5. The van der Waals surface area contributed by atoms with Crippen LogP contribution >= 0.6 is 0 Å². The molecule has 4 heteroatoms. The van der Waals surface area contributed by atoms with Crippen molar-refractivity contribution in [1.29, 1.82) is 0 Å². The lowest BCUT2D eigenvalue weighted by Crippen LogP contribution is -2.28. The van der Waals surface area contributed by atoms with Crippen LogP contribution in [0.2, 0.25) is 0 Å². The van der Waals surface area contributed by atoms with Crippen LogP contribution in [0.15, 0.2) is 4.52 Å². The monoisotopic (exact) mass is 265 g/mol. The molecule has 0 saturated carbocycles. The molecule has 0 aromatic carbocycles. The van der Waals surface area contributed by atoms with E-state index in [0.717, 1.165) is 31.2 Å². The highest BCUT2D eigenvalue weighted by Crippen LogP contribution is 2.27. The molecule has 2 atom stereocenters. The molecule has 108 valence electrons. The van der Waals surface area contributed by atoms with E-state index >= 15 is 0 Å². The van der Waals surface area contributed by atoms with E-state index in [9.17, 15) is 0 Å². The van der Waals surface area contributed by atoms with Crippen LogP contribution in [0.3, 0.4) is 0 Å². The molecule has 1 aliphatic rings. The summed E-state index contributed by atoms with van der Waals surface area (Å²) in [5, 5.41) is 7.56. The summed E-state index contributed by atoms with van der Waals surface area (Å²) < 4.78 is 5.41. The molecule has 1 saturated heterocycles. The Balaban J connectivity index is 1.89. The first-order chi connectivity index (χ1) is 8.94. The lowest BCUT2D eigenvalue weighted by atomic mass is 9.84. The zero-order valence-electron chi connectivity index (χ0n) is 12.7. The van der Waals surface area contributed by atoms with Gasteiger partial charge in [0.25, 0.3) is 0 Å². The third kappa shape index (κ3) is 4.60. The van der Waals surface area contributed by atoms with E-state index in [0.29, 0.717) is 17.3 Å². The predicted molar refractivity (Wildman–Crippen MR) is 76.1 cm³/mol. The fourth-order valence-electron chi connectivity index (χ4n) is 3.00. The molecule has 0 amide bonds. The van der Waals surface area contributed by atoms with Crippen molar-refractivity contribution in [2.24, 2.45) is 11.3 Å². The van der Waals surface area contributed by atoms with E-state index in [2.05, 4.69) is 43.2 Å². The van der Waals surface area contributed by atoms with Gasteiger partial charge >= 0.3 is 0 Å². The second kappa shape index (κ2) is 6.04. The minimum absolute atomic E-state index is 0.357. The maximum absolute atomic E-state index is 5.41. The fraction of sp³-hybridized carbons (Fsp3) is 0.867. The minimum atomic E-state index is 0.357. The van der Waals surface area contributed by atoms with Gasteiger partial charge in [0.1, 0.15) is 0 Å². The van der Waals surface area contributed by atoms with Crippen LogP contribution in [-0.4, -0.2) is 23.2 Å². The van der Waals surface area contributed by atoms with Crippen molar-refractivity contribution >= 4 is 0 Å². The zero-order valence-corrected chi connectivity index (χ0v) is 12.7. The summed E-state index contributed by atoms with van der Waals surface area (Å²) in [7, 11) is 0. The second-order valence-electron chi connectivity index (χ2n) is 7.16. The first-order valence-corrected chi connectivity index (χ1v) is 7.47. The number of hydrogen-bond acceptors (Lipinski definition) is 4. The number of rotatable bonds is 4. The van der Waals surface area contributed by atoms with Crippen molar-refractivity contribution in [3.8, 4) is 0 Å². The lowest BCUT2D eigenvalue weighted by molar-refractivity contribution is 0.282. The summed E-state index contributed by atoms with van der Waals surface area (Å²) in [5.74, 6) is 2.71. The molecule has 1 N–H and O–H groups in total. The van der Waals surface area contributed by atoms with Crippen molar-refractivity contribution in [1.82, 2.24) is 15.5 Å². The van der Waals surface area contributed by atoms with E-state index in [1.54, 1.807) is 0 Å². The third-order valence-corrected chi connectivity index (χ3v) is 3.63. The van der Waals surface area contributed by atoms with Gasteiger partial charge < -0.3 is 9.84 Å². The maximum Gasteiger partial charge on any atom is 0.226 e. The van der Waals surface area contributed by atoms with Crippen LogP contribution < -0.4 is 5.32 Å². The Labute approximate surface area is 116 Å². The van der Waals surface area contributed by atoms with Crippen molar-refractivity contribution in [2.45, 2.75) is 59.3 Å². The second-order valence-corrected chi connectivity index (χ2v) is 7.16. The molecular formula is C15H27N3O. The molecule has 4 nitrogen and oxygen atoms in total. The number of aromatic nitrogens is 2. The van der Waals surface area contributed by atoms with Gasteiger partial charge in [-0.2, -0.15) is 4.98 Å². The molecule has 19 heavy (non-hydrogen) atoms. The van der Waals surface area contributed by atoms with Gasteiger partial charge in [-0.1, -0.05) is 32.9 Å². The Morgan fingerprint density at radius 2 is 2.21 bits per heavy atom. The molecule has 2 rings (SSSR count). The molecule has 0 spiro atoms. The van der Waals surface area contributed by atoms with Crippen LogP contribution in [0, 0.1) is 11.3 Å². The maximum atomic E-state index is 5.41. The highest BCUT2D eigenvalue weighted by Gasteiger charge is 2.22. The summed E-state index contributed by atoms with van der Waals surface area (Å²) in [6.45, 7) is 11.2. The van der Waals surface area contributed by atoms with E-state index < -0.39 is 0 Å². The Morgan fingerprint density at radius 1 is 1.42 bits per heavy atom. The molecule has 0 radical (unpaired) electrons. The Bertz CT molecular complexity index is 388. The Hall–Kier alpha value is -0.900. The molecule has 1 aromatic rings. The van der Waals surface area contributed by atoms with Crippen LogP contribution in [0.25, 0.3) is 0 Å². The Kier molecular flexibility index (Phi) is 4.61. The number of nitrogens with zero attached hydrogens (tertiary/aromatic N) is 2. The molecule has 1 aliphatic heterocycles. The highest BCUT2D eigenvalue weighted by atomic mass is 16.5. The number of piperidine rings is 1. The van der Waals surface area contributed by atoms with Gasteiger partial charge in [-0.25, -0.2) is 0 Å². The summed E-state index contributed by atoms with van der Waals surface area (Å²) in [4.78, 5) is 4.59. The number of nitrogens with one attached hydrogen (secondary N) is 1. The lowest BCUT2D eigenvalue weighted by Gasteiger charge is -2.22. The van der Waals surface area contributed by atoms with Gasteiger partial charge in [-0.15, -0.1) is 0 Å². The normalized spacial score (nSPS) is 22.4. The quantitative estimate of drug-likeness (QED) is 0.908. The van der Waals surface area contributed by atoms with Crippen molar-refractivity contribution < 1.29 is 4.52 Å². The van der Waals surface area contributed by atoms with Crippen molar-refractivity contribution in [2.75, 3.05) is 13.1 Å². The third-order valence-electron chi connectivity index (χ3n) is 3.63. The van der Waals surface area contributed by atoms with Gasteiger partial charge in [0.15, 0.2) is 5.82 Å². The van der Waals surface area contributed by atoms with Crippen LogP contribution in [0.4, 0.5) is 0 Å². The molecule has 1 aromatic heterocycles. The van der Waals surface area contributed by atoms with Crippen molar-refractivity contribution in [3.63, 3.8) is 0 Å². The SMILES string of the molecule is CC(Cc1nc(C2CCCNC2)no1)CC(C)(C)C. The molecule has 1 fully saturated rings. The molecule has 0 bridgehead atoms. The van der Waals surface area contributed by atoms with Crippen LogP contribution in [0.5, 0.6) is 0 Å².